The van der Waals surface area contributed by atoms with E-state index in [2.05, 4.69) is 20.7 Å². The molecule has 26 heavy (non-hydrogen) atoms. The molecule has 0 atom stereocenters. The quantitative estimate of drug-likeness (QED) is 0.817. The van der Waals surface area contributed by atoms with Crippen LogP contribution in [0, 0.1) is 5.92 Å². The lowest BCUT2D eigenvalue weighted by Crippen LogP contribution is -2.41. The van der Waals surface area contributed by atoms with Crippen molar-refractivity contribution in [2.24, 2.45) is 5.92 Å². The lowest BCUT2D eigenvalue weighted by molar-refractivity contribution is -0.133. The summed E-state index contributed by atoms with van der Waals surface area (Å²) in [4.78, 5) is 34.3. The molecule has 7 nitrogen and oxygen atoms in total. The SMILES string of the molecule is O=C(Cn1cccnc1=O)N1CCC(c2nccn2CC2CCC2)CC1. The summed E-state index contributed by atoms with van der Waals surface area (Å²) in [6, 6.07) is 1.67. The van der Waals surface area contributed by atoms with E-state index in [1.807, 2.05) is 11.1 Å². The minimum absolute atomic E-state index is 0.0173. The maximum atomic E-state index is 12.5. The Hall–Kier alpha value is -2.44. The second-order valence-corrected chi connectivity index (χ2v) is 7.42. The number of hydrogen-bond acceptors (Lipinski definition) is 4. The molecule has 0 unspecified atom stereocenters. The van der Waals surface area contributed by atoms with E-state index in [0.29, 0.717) is 5.92 Å². The van der Waals surface area contributed by atoms with Gasteiger partial charge in [-0.3, -0.25) is 9.36 Å². The standard InChI is InChI=1S/C19H25N5O2/c25-17(14-24-9-2-7-21-19(24)26)22-10-5-16(6-11-22)18-20-8-12-23(18)13-15-3-1-4-15/h2,7-9,12,15-16H,1,3-6,10-11,13-14H2. The summed E-state index contributed by atoms with van der Waals surface area (Å²) in [5, 5.41) is 0. The highest BCUT2D eigenvalue weighted by Gasteiger charge is 2.27. The number of hydrogen-bond donors (Lipinski definition) is 0. The molecule has 1 amide bonds. The largest absolute Gasteiger partial charge is 0.347 e. The molecular formula is C19H25N5O2. The van der Waals surface area contributed by atoms with Crippen molar-refractivity contribution < 1.29 is 4.79 Å². The second-order valence-electron chi connectivity index (χ2n) is 7.42. The molecule has 1 aliphatic heterocycles. The number of rotatable bonds is 5. The van der Waals surface area contributed by atoms with Crippen LogP contribution in [0.5, 0.6) is 0 Å². The van der Waals surface area contributed by atoms with Gasteiger partial charge in [-0.25, -0.2) is 14.8 Å². The van der Waals surface area contributed by atoms with Gasteiger partial charge in [-0.1, -0.05) is 6.42 Å². The van der Waals surface area contributed by atoms with Crippen molar-refractivity contribution in [1.29, 1.82) is 0 Å². The van der Waals surface area contributed by atoms with Gasteiger partial charge in [0.2, 0.25) is 5.91 Å². The van der Waals surface area contributed by atoms with E-state index in [0.717, 1.165) is 38.4 Å². The molecule has 7 heteroatoms. The van der Waals surface area contributed by atoms with Crippen molar-refractivity contribution >= 4 is 5.91 Å². The summed E-state index contributed by atoms with van der Waals surface area (Å²) >= 11 is 0. The Kier molecular flexibility index (Phi) is 4.86. The van der Waals surface area contributed by atoms with Gasteiger partial charge in [-0.15, -0.1) is 0 Å². The van der Waals surface area contributed by atoms with Gasteiger partial charge in [0.1, 0.15) is 12.4 Å². The maximum Gasteiger partial charge on any atom is 0.347 e. The van der Waals surface area contributed by atoms with Gasteiger partial charge in [0, 0.05) is 50.3 Å². The van der Waals surface area contributed by atoms with Crippen LogP contribution < -0.4 is 5.69 Å². The Balaban J connectivity index is 1.34. The summed E-state index contributed by atoms with van der Waals surface area (Å²) in [5.74, 6) is 2.38. The fourth-order valence-corrected chi connectivity index (χ4v) is 3.93. The molecule has 2 aromatic rings. The van der Waals surface area contributed by atoms with Crippen LogP contribution in [0.3, 0.4) is 0 Å². The molecule has 138 valence electrons. The van der Waals surface area contributed by atoms with E-state index < -0.39 is 0 Å². The normalized spacial score (nSPS) is 18.7. The van der Waals surface area contributed by atoms with Crippen LogP contribution in [-0.2, 0) is 17.9 Å². The number of aromatic nitrogens is 4. The van der Waals surface area contributed by atoms with Crippen LogP contribution in [0.1, 0.15) is 43.8 Å². The number of amides is 1. The summed E-state index contributed by atoms with van der Waals surface area (Å²) in [6.45, 7) is 2.58. The molecule has 1 saturated heterocycles. The Bertz CT molecular complexity index is 815. The van der Waals surface area contributed by atoms with Gasteiger partial charge < -0.3 is 9.47 Å². The second kappa shape index (κ2) is 7.43. The molecule has 0 spiro atoms. The molecule has 4 rings (SSSR count). The molecule has 2 fully saturated rings. The Morgan fingerprint density at radius 3 is 2.54 bits per heavy atom. The molecule has 1 aliphatic carbocycles. The molecule has 3 heterocycles. The highest BCUT2D eigenvalue weighted by atomic mass is 16.2. The third kappa shape index (κ3) is 3.57. The van der Waals surface area contributed by atoms with E-state index in [4.69, 9.17) is 0 Å². The Labute approximate surface area is 152 Å². The fourth-order valence-electron chi connectivity index (χ4n) is 3.93. The highest BCUT2D eigenvalue weighted by Crippen LogP contribution is 2.31. The molecule has 0 bridgehead atoms. The van der Waals surface area contributed by atoms with Crippen molar-refractivity contribution in [1.82, 2.24) is 24.0 Å². The number of carbonyl (C=O) groups excluding carboxylic acids is 1. The van der Waals surface area contributed by atoms with E-state index in [-0.39, 0.29) is 18.1 Å². The minimum Gasteiger partial charge on any atom is -0.341 e. The molecular weight excluding hydrogens is 330 g/mol. The molecule has 2 aliphatic rings. The minimum atomic E-state index is -0.381. The van der Waals surface area contributed by atoms with Crippen LogP contribution in [0.15, 0.2) is 35.6 Å². The summed E-state index contributed by atoms with van der Waals surface area (Å²) in [5.41, 5.74) is -0.381. The first-order valence-electron chi connectivity index (χ1n) is 9.51. The van der Waals surface area contributed by atoms with E-state index in [1.165, 1.54) is 35.9 Å². The summed E-state index contributed by atoms with van der Waals surface area (Å²) in [7, 11) is 0. The van der Waals surface area contributed by atoms with Gasteiger partial charge in [0.25, 0.3) is 0 Å². The van der Waals surface area contributed by atoms with Gasteiger partial charge in [0.15, 0.2) is 0 Å². The molecule has 0 N–H and O–H groups in total. The Morgan fingerprint density at radius 2 is 1.85 bits per heavy atom. The third-order valence-corrected chi connectivity index (χ3v) is 5.73. The van der Waals surface area contributed by atoms with Gasteiger partial charge in [-0.05, 0) is 37.7 Å². The number of piperidine rings is 1. The van der Waals surface area contributed by atoms with Gasteiger partial charge in [-0.2, -0.15) is 0 Å². The average molecular weight is 355 g/mol. The topological polar surface area (TPSA) is 73.0 Å². The van der Waals surface area contributed by atoms with Crippen LogP contribution in [0.2, 0.25) is 0 Å². The van der Waals surface area contributed by atoms with Crippen LogP contribution in [0.4, 0.5) is 0 Å². The van der Waals surface area contributed by atoms with Crippen molar-refractivity contribution in [2.45, 2.75) is 51.1 Å². The fraction of sp³-hybridized carbons (Fsp3) is 0.579. The first-order valence-corrected chi connectivity index (χ1v) is 9.51. The summed E-state index contributed by atoms with van der Waals surface area (Å²) < 4.78 is 3.68. The van der Waals surface area contributed by atoms with Gasteiger partial charge >= 0.3 is 5.69 Å². The zero-order valence-corrected chi connectivity index (χ0v) is 15.0. The number of nitrogens with zero attached hydrogens (tertiary/aromatic N) is 5. The zero-order valence-electron chi connectivity index (χ0n) is 15.0. The van der Waals surface area contributed by atoms with E-state index in [1.54, 1.807) is 12.3 Å². The van der Waals surface area contributed by atoms with Crippen molar-refractivity contribution in [2.75, 3.05) is 13.1 Å². The van der Waals surface area contributed by atoms with Crippen LogP contribution >= 0.6 is 0 Å². The first kappa shape index (κ1) is 17.0. The number of imidazole rings is 1. The van der Waals surface area contributed by atoms with Crippen molar-refractivity contribution in [3.8, 4) is 0 Å². The number of likely N-dealkylation sites (tertiary alicyclic amines) is 1. The van der Waals surface area contributed by atoms with Crippen molar-refractivity contribution in [3.63, 3.8) is 0 Å². The molecule has 0 aromatic carbocycles. The van der Waals surface area contributed by atoms with Crippen LogP contribution in [-0.4, -0.2) is 43.0 Å². The molecule has 0 radical (unpaired) electrons. The highest BCUT2D eigenvalue weighted by molar-refractivity contribution is 5.76. The first-order chi connectivity index (χ1) is 12.7. The Morgan fingerprint density at radius 1 is 1.04 bits per heavy atom. The molecule has 1 saturated carbocycles. The lowest BCUT2D eigenvalue weighted by atomic mass is 9.85. The lowest BCUT2D eigenvalue weighted by Gasteiger charge is -2.33. The summed E-state index contributed by atoms with van der Waals surface area (Å²) in [6.07, 6.45) is 12.9. The maximum absolute atomic E-state index is 12.5. The van der Waals surface area contributed by atoms with Gasteiger partial charge in [0.05, 0.1) is 0 Å². The smallest absolute Gasteiger partial charge is 0.341 e. The van der Waals surface area contributed by atoms with Crippen molar-refractivity contribution in [3.05, 3.63) is 47.2 Å². The number of carbonyl (C=O) groups is 1. The predicted octanol–water partition coefficient (Wildman–Crippen LogP) is 1.65. The monoisotopic (exact) mass is 355 g/mol. The van der Waals surface area contributed by atoms with E-state index in [9.17, 15) is 9.59 Å². The third-order valence-electron chi connectivity index (χ3n) is 5.73. The average Bonchev–Trinajstić information content (AvgIpc) is 3.08. The molecule has 2 aromatic heterocycles. The zero-order chi connectivity index (χ0) is 17.9. The predicted molar refractivity (Wildman–Crippen MR) is 96.6 cm³/mol. The van der Waals surface area contributed by atoms with Crippen LogP contribution in [0.25, 0.3) is 0 Å². The van der Waals surface area contributed by atoms with E-state index >= 15 is 0 Å².